The van der Waals surface area contributed by atoms with Crippen molar-refractivity contribution < 1.29 is 28.1 Å². The molecule has 29 heavy (non-hydrogen) atoms. The molecule has 0 spiro atoms. The van der Waals surface area contributed by atoms with Crippen LogP contribution in [0.2, 0.25) is 0 Å². The fourth-order valence-electron chi connectivity index (χ4n) is 3.46. The maximum Gasteiger partial charge on any atom is 0.477 e. The molecule has 0 radical (unpaired) electrons. The van der Waals surface area contributed by atoms with Gasteiger partial charge in [-0.2, -0.15) is 4.31 Å². The van der Waals surface area contributed by atoms with Gasteiger partial charge in [0.1, 0.15) is 0 Å². The molecule has 0 aromatic carbocycles. The highest BCUT2D eigenvalue weighted by Gasteiger charge is 2.31. The smallest absolute Gasteiger partial charge is 0.316 e. The minimum Gasteiger partial charge on any atom is -0.316 e. The average molecular weight is 475 g/mol. The summed E-state index contributed by atoms with van der Waals surface area (Å²) in [5.41, 5.74) is 0. The highest BCUT2D eigenvalue weighted by molar-refractivity contribution is 8.55. The molecule has 0 amide bonds. The van der Waals surface area contributed by atoms with Crippen LogP contribution in [0.25, 0.3) is 0 Å². The second-order valence-corrected chi connectivity index (χ2v) is 14.6. The van der Waals surface area contributed by atoms with E-state index in [-0.39, 0.29) is 0 Å². The zero-order valence-electron chi connectivity index (χ0n) is 19.0. The Morgan fingerprint density at radius 1 is 0.690 bits per heavy atom. The molecule has 6 nitrogen and oxygen atoms in total. The summed E-state index contributed by atoms with van der Waals surface area (Å²) in [7, 11) is -4.94. The number of rotatable bonds is 18. The first-order chi connectivity index (χ1) is 13.3. The van der Waals surface area contributed by atoms with E-state index in [0.717, 1.165) is 37.0 Å². The molecular weight excluding hydrogens is 430 g/mol. The van der Waals surface area contributed by atoms with Crippen molar-refractivity contribution in [1.82, 2.24) is 0 Å². The van der Waals surface area contributed by atoms with Gasteiger partial charge >= 0.3 is 14.6 Å². The third-order valence-electron chi connectivity index (χ3n) is 5.34. The van der Waals surface area contributed by atoms with E-state index in [1.165, 1.54) is 44.9 Å². The van der Waals surface area contributed by atoms with E-state index in [1.807, 2.05) is 0 Å². The molecule has 0 saturated carbocycles. The van der Waals surface area contributed by atoms with Crippen LogP contribution in [0.1, 0.15) is 98.8 Å². The molecule has 0 aliphatic heterocycles. The fourth-order valence-corrected chi connectivity index (χ4v) is 7.68. The normalized spacial score (nSPS) is 17.8. The molecule has 0 rings (SSSR count). The maximum atomic E-state index is 11.6. The molecule has 0 heterocycles. The zero-order valence-corrected chi connectivity index (χ0v) is 21.6. The summed E-state index contributed by atoms with van der Waals surface area (Å²) in [4.78, 5) is 26.7. The van der Waals surface area contributed by atoms with Crippen LogP contribution in [0.4, 0.5) is 0 Å². The Morgan fingerprint density at radius 2 is 1.07 bits per heavy atom. The fraction of sp³-hybridized carbons (Fsp3) is 1.00. The van der Waals surface area contributed by atoms with Gasteiger partial charge in [0.05, 0.1) is 0 Å². The van der Waals surface area contributed by atoms with Crippen LogP contribution in [-0.4, -0.2) is 20.4 Å². The lowest BCUT2D eigenvalue weighted by atomic mass is 9.91. The Hall–Kier alpha value is 0.650. The molecule has 9 heteroatoms. The third-order valence-corrected chi connectivity index (χ3v) is 9.89. The van der Waals surface area contributed by atoms with Crippen molar-refractivity contribution >= 4 is 26.0 Å². The minimum absolute atomic E-state index is 0.346. The molecule has 0 aromatic rings. The summed E-state index contributed by atoms with van der Waals surface area (Å²) in [5, 5.41) is 0. The Bertz CT molecular complexity index is 511. The van der Waals surface area contributed by atoms with Crippen LogP contribution in [0, 0.1) is 23.7 Å². The zero-order chi connectivity index (χ0) is 22.5. The Balaban J connectivity index is 3.76. The maximum absolute atomic E-state index is 11.6. The molecule has 0 bridgehead atoms. The predicted molar refractivity (Wildman–Crippen MR) is 124 cm³/mol. The Labute approximate surface area is 182 Å². The first-order valence-corrected chi connectivity index (χ1v) is 15.7. The van der Waals surface area contributed by atoms with Crippen molar-refractivity contribution in [3.63, 3.8) is 0 Å². The molecule has 0 saturated heterocycles. The van der Waals surface area contributed by atoms with E-state index in [1.54, 1.807) is 0 Å². The van der Waals surface area contributed by atoms with Gasteiger partial charge in [-0.1, -0.05) is 92.4 Å². The van der Waals surface area contributed by atoms with E-state index < -0.39 is 14.6 Å². The van der Waals surface area contributed by atoms with Crippen molar-refractivity contribution in [3.8, 4) is 0 Å². The van der Waals surface area contributed by atoms with E-state index in [9.17, 15) is 14.0 Å². The molecule has 176 valence electrons. The molecule has 0 aromatic heterocycles. The van der Waals surface area contributed by atoms with Crippen LogP contribution >= 0.6 is 26.0 Å². The molecule has 3 N–H and O–H groups in total. The summed E-state index contributed by atoms with van der Waals surface area (Å²) in [5.74, 6) is 3.12. The van der Waals surface area contributed by atoms with Crippen molar-refractivity contribution in [2.45, 2.75) is 98.8 Å². The average Bonchev–Trinajstić information content (AvgIpc) is 2.51. The highest BCUT2D eigenvalue weighted by Crippen LogP contribution is 2.65. The monoisotopic (exact) mass is 474 g/mol. The van der Waals surface area contributed by atoms with Gasteiger partial charge < -0.3 is 14.7 Å². The van der Waals surface area contributed by atoms with Crippen LogP contribution in [0.15, 0.2) is 0 Å². The second kappa shape index (κ2) is 15.5. The first kappa shape index (κ1) is 29.7. The lowest BCUT2D eigenvalue weighted by molar-refractivity contribution is 0.270. The van der Waals surface area contributed by atoms with Gasteiger partial charge in [-0.15, -0.1) is 0 Å². The quantitative estimate of drug-likeness (QED) is 0.178. The summed E-state index contributed by atoms with van der Waals surface area (Å²) in [6, 6.07) is 0. The Kier molecular flexibility index (Phi) is 15.8. The van der Waals surface area contributed by atoms with Gasteiger partial charge in [-0.25, -0.2) is 9.13 Å². The third kappa shape index (κ3) is 20.3. The van der Waals surface area contributed by atoms with Crippen LogP contribution in [-0.2, 0) is 13.4 Å². The van der Waals surface area contributed by atoms with Crippen molar-refractivity contribution in [1.29, 1.82) is 0 Å². The summed E-state index contributed by atoms with van der Waals surface area (Å²) in [6.45, 7) is 7.10. The highest BCUT2D eigenvalue weighted by atomic mass is 32.7. The molecule has 0 aliphatic carbocycles. The van der Waals surface area contributed by atoms with Gasteiger partial charge in [0.25, 0.3) is 0 Å². The first-order valence-electron chi connectivity index (χ1n) is 11.0. The van der Waals surface area contributed by atoms with E-state index >= 15 is 0 Å². The summed E-state index contributed by atoms with van der Waals surface area (Å²) in [6.07, 6.45) is 12.1. The van der Waals surface area contributed by atoms with Crippen LogP contribution in [0.5, 0.6) is 0 Å². The predicted octanol–water partition coefficient (Wildman–Crippen LogP) is 7.39. The van der Waals surface area contributed by atoms with Gasteiger partial charge in [0.15, 0.2) is 0 Å². The van der Waals surface area contributed by atoms with E-state index in [0.29, 0.717) is 23.1 Å². The molecule has 4 unspecified atom stereocenters. The summed E-state index contributed by atoms with van der Waals surface area (Å²) < 4.78 is 26.2. The standard InChI is InChI=1S/C20H44O6P2S/c1-17(2)9-6-10-18(3)11-7-12-19(4)13-8-14-20(5)15-16-29-28(24,25)26-27(21,22)23/h17-20H,6-16H2,1-5H3,(H,24,25)(H2,21,22,23). The van der Waals surface area contributed by atoms with E-state index in [4.69, 9.17) is 9.79 Å². The van der Waals surface area contributed by atoms with Crippen LogP contribution < -0.4 is 0 Å². The largest absolute Gasteiger partial charge is 0.477 e. The van der Waals surface area contributed by atoms with Gasteiger partial charge in [-0.05, 0) is 41.5 Å². The molecule has 4 atom stereocenters. The van der Waals surface area contributed by atoms with Crippen molar-refractivity contribution in [3.05, 3.63) is 0 Å². The van der Waals surface area contributed by atoms with Crippen molar-refractivity contribution in [2.75, 3.05) is 5.75 Å². The van der Waals surface area contributed by atoms with Crippen LogP contribution in [0.3, 0.4) is 0 Å². The van der Waals surface area contributed by atoms with Gasteiger partial charge in [0, 0.05) is 5.75 Å². The number of hydrogen-bond acceptors (Lipinski definition) is 4. The lowest BCUT2D eigenvalue weighted by Gasteiger charge is -2.16. The van der Waals surface area contributed by atoms with Gasteiger partial charge in [0.2, 0.25) is 0 Å². The second-order valence-electron chi connectivity index (χ2n) is 9.16. The SMILES string of the molecule is CC(C)CCCC(C)CCCC(C)CCCC(C)CCSP(=O)(O)OP(=O)(O)O. The molecule has 0 aliphatic rings. The Morgan fingerprint density at radius 3 is 1.45 bits per heavy atom. The van der Waals surface area contributed by atoms with E-state index in [2.05, 4.69) is 38.9 Å². The lowest BCUT2D eigenvalue weighted by Crippen LogP contribution is -2.02. The number of hydrogen-bond donors (Lipinski definition) is 3. The molecule has 0 fully saturated rings. The summed E-state index contributed by atoms with van der Waals surface area (Å²) >= 11 is 0.591. The minimum atomic E-state index is -4.94. The van der Waals surface area contributed by atoms with Gasteiger partial charge in [-0.3, -0.25) is 0 Å². The number of phosphoric acid groups is 1. The molecular formula is C20H44O6P2S. The topological polar surface area (TPSA) is 104 Å². The van der Waals surface area contributed by atoms with Crippen molar-refractivity contribution in [2.24, 2.45) is 23.7 Å².